The molecule has 0 saturated carbocycles. The number of fused-ring (bicyclic) bond motifs is 1. The zero-order valence-corrected chi connectivity index (χ0v) is 12.1. The summed E-state index contributed by atoms with van der Waals surface area (Å²) in [5.74, 6) is -0.391. The maximum atomic E-state index is 11.8. The number of hydrogen-bond acceptors (Lipinski definition) is 3. The lowest BCUT2D eigenvalue weighted by Crippen LogP contribution is -2.20. The van der Waals surface area contributed by atoms with Crippen LogP contribution in [0.2, 0.25) is 0 Å². The Balaban J connectivity index is 2.18. The molecule has 0 fully saturated rings. The summed E-state index contributed by atoms with van der Waals surface area (Å²) in [6, 6.07) is 5.62. The normalized spacial score (nSPS) is 11.0. The summed E-state index contributed by atoms with van der Waals surface area (Å²) in [4.78, 5) is 25.7. The highest BCUT2D eigenvalue weighted by atomic mass is 16.5. The summed E-state index contributed by atoms with van der Waals surface area (Å²) in [6.45, 7) is 2.09. The molecule has 0 aliphatic carbocycles. The van der Waals surface area contributed by atoms with E-state index < -0.39 is 0 Å². The number of methoxy groups -OCH3 is 1. The molecule has 0 aliphatic heterocycles. The first-order chi connectivity index (χ1) is 10.1. The number of nitrogens with one attached hydrogen (secondary N) is 2. The molecule has 0 bridgehead atoms. The second-order valence-electron chi connectivity index (χ2n) is 4.67. The molecule has 0 radical (unpaired) electrons. The van der Waals surface area contributed by atoms with Crippen LogP contribution in [0.4, 0.5) is 0 Å². The minimum Gasteiger partial charge on any atom is -0.465 e. The van der Waals surface area contributed by atoms with Gasteiger partial charge in [0.1, 0.15) is 0 Å². The number of esters is 1. The topological polar surface area (TPSA) is 71.2 Å². The van der Waals surface area contributed by atoms with E-state index in [0.717, 1.165) is 22.9 Å². The molecule has 0 unspecified atom stereocenters. The van der Waals surface area contributed by atoms with Gasteiger partial charge < -0.3 is 15.0 Å². The largest absolute Gasteiger partial charge is 0.465 e. The first-order valence-corrected chi connectivity index (χ1v) is 6.72. The Bertz CT molecular complexity index is 686. The van der Waals surface area contributed by atoms with Crippen LogP contribution in [-0.4, -0.2) is 30.5 Å². The van der Waals surface area contributed by atoms with Gasteiger partial charge in [-0.3, -0.25) is 4.79 Å². The van der Waals surface area contributed by atoms with E-state index in [2.05, 4.69) is 10.3 Å². The second-order valence-corrected chi connectivity index (χ2v) is 4.67. The zero-order valence-electron chi connectivity index (χ0n) is 12.1. The number of carbonyl (C=O) groups excluding carboxylic acids is 2. The van der Waals surface area contributed by atoms with Gasteiger partial charge in [0, 0.05) is 30.6 Å². The summed E-state index contributed by atoms with van der Waals surface area (Å²) < 4.78 is 4.81. The maximum Gasteiger partial charge on any atom is 0.338 e. The number of carbonyl (C=O) groups is 2. The summed E-state index contributed by atoms with van der Waals surface area (Å²) in [6.07, 6.45) is 6.41. The van der Waals surface area contributed by atoms with Crippen molar-refractivity contribution in [3.8, 4) is 0 Å². The van der Waals surface area contributed by atoms with Crippen LogP contribution in [0.25, 0.3) is 17.0 Å². The molecule has 1 aromatic heterocycles. The van der Waals surface area contributed by atoms with Crippen molar-refractivity contribution in [2.45, 2.75) is 13.3 Å². The molecule has 1 heterocycles. The molecular weight excluding hydrogens is 268 g/mol. The van der Waals surface area contributed by atoms with Crippen LogP contribution in [0.5, 0.6) is 0 Å². The van der Waals surface area contributed by atoms with Crippen LogP contribution in [0.15, 0.2) is 30.5 Å². The Hall–Kier alpha value is -2.56. The minimum absolute atomic E-state index is 0.0378. The number of benzene rings is 1. The molecule has 2 aromatic rings. The Morgan fingerprint density at radius 3 is 2.90 bits per heavy atom. The van der Waals surface area contributed by atoms with Crippen molar-refractivity contribution < 1.29 is 14.3 Å². The van der Waals surface area contributed by atoms with E-state index in [4.69, 9.17) is 4.74 Å². The molecule has 0 aliphatic rings. The first kappa shape index (κ1) is 14.8. The average Bonchev–Trinajstić information content (AvgIpc) is 2.93. The lowest BCUT2D eigenvalue weighted by atomic mass is 10.1. The van der Waals surface area contributed by atoms with E-state index in [1.807, 2.05) is 24.3 Å². The fourth-order valence-electron chi connectivity index (χ4n) is 2.12. The molecule has 21 heavy (non-hydrogen) atoms. The number of rotatable bonds is 5. The van der Waals surface area contributed by atoms with Gasteiger partial charge in [-0.1, -0.05) is 12.2 Å². The van der Waals surface area contributed by atoms with Gasteiger partial charge in [-0.15, -0.1) is 0 Å². The van der Waals surface area contributed by atoms with Crippen LogP contribution < -0.4 is 5.32 Å². The van der Waals surface area contributed by atoms with Crippen molar-refractivity contribution in [1.82, 2.24) is 10.3 Å². The highest BCUT2D eigenvalue weighted by molar-refractivity contribution is 6.04. The molecule has 2 rings (SSSR count). The van der Waals surface area contributed by atoms with Crippen molar-refractivity contribution in [1.29, 1.82) is 0 Å². The number of aromatic nitrogens is 1. The lowest BCUT2D eigenvalue weighted by Gasteiger charge is -2.04. The second kappa shape index (κ2) is 6.74. The molecule has 110 valence electrons. The first-order valence-electron chi connectivity index (χ1n) is 6.72. The van der Waals surface area contributed by atoms with Gasteiger partial charge >= 0.3 is 5.97 Å². The van der Waals surface area contributed by atoms with Crippen molar-refractivity contribution in [3.05, 3.63) is 41.6 Å². The lowest BCUT2D eigenvalue weighted by molar-refractivity contribution is -0.118. The SMILES string of the molecule is COC(=O)c1cc(C=CCCNC(C)=O)cc2[nH]ccc12. The van der Waals surface area contributed by atoms with Crippen molar-refractivity contribution in [3.63, 3.8) is 0 Å². The Kier molecular flexibility index (Phi) is 4.77. The number of H-pyrrole nitrogens is 1. The van der Waals surface area contributed by atoms with Crippen LogP contribution in [-0.2, 0) is 9.53 Å². The summed E-state index contributed by atoms with van der Waals surface area (Å²) in [5, 5.41) is 3.57. The molecule has 5 heteroatoms. The van der Waals surface area contributed by atoms with E-state index in [-0.39, 0.29) is 11.9 Å². The van der Waals surface area contributed by atoms with Gasteiger partial charge in [0.25, 0.3) is 0 Å². The van der Waals surface area contributed by atoms with E-state index in [1.165, 1.54) is 14.0 Å². The highest BCUT2D eigenvalue weighted by Crippen LogP contribution is 2.22. The standard InChI is InChI=1S/C16H18N2O3/c1-11(19)17-7-4-3-5-12-9-14(16(20)21-2)13-6-8-18-15(13)10-12/h3,5-6,8-10,18H,4,7H2,1-2H3,(H,17,19). The highest BCUT2D eigenvalue weighted by Gasteiger charge is 2.11. The molecule has 0 saturated heterocycles. The zero-order chi connectivity index (χ0) is 15.2. The van der Waals surface area contributed by atoms with Crippen LogP contribution in [0.3, 0.4) is 0 Å². The number of amides is 1. The minimum atomic E-state index is -0.354. The summed E-state index contributed by atoms with van der Waals surface area (Å²) in [7, 11) is 1.37. The number of ether oxygens (including phenoxy) is 1. The van der Waals surface area contributed by atoms with Crippen LogP contribution >= 0.6 is 0 Å². The molecule has 1 aromatic carbocycles. The third-order valence-electron chi connectivity index (χ3n) is 3.09. The van der Waals surface area contributed by atoms with Crippen molar-refractivity contribution in [2.24, 2.45) is 0 Å². The number of aromatic amines is 1. The van der Waals surface area contributed by atoms with E-state index >= 15 is 0 Å². The third-order valence-corrected chi connectivity index (χ3v) is 3.09. The van der Waals surface area contributed by atoms with Gasteiger partial charge in [-0.05, 0) is 30.2 Å². The van der Waals surface area contributed by atoms with Gasteiger partial charge in [0.05, 0.1) is 12.7 Å². The average molecular weight is 286 g/mol. The van der Waals surface area contributed by atoms with Crippen LogP contribution in [0, 0.1) is 0 Å². The van der Waals surface area contributed by atoms with Gasteiger partial charge in [0.15, 0.2) is 0 Å². The molecule has 2 N–H and O–H groups in total. The van der Waals surface area contributed by atoms with Gasteiger partial charge in [-0.2, -0.15) is 0 Å². The summed E-state index contributed by atoms with van der Waals surface area (Å²) >= 11 is 0. The van der Waals surface area contributed by atoms with E-state index in [1.54, 1.807) is 12.3 Å². The Morgan fingerprint density at radius 2 is 2.19 bits per heavy atom. The van der Waals surface area contributed by atoms with E-state index in [9.17, 15) is 9.59 Å². The van der Waals surface area contributed by atoms with E-state index in [0.29, 0.717) is 12.1 Å². The fraction of sp³-hybridized carbons (Fsp3) is 0.250. The molecule has 0 atom stereocenters. The van der Waals surface area contributed by atoms with Gasteiger partial charge in [0.2, 0.25) is 5.91 Å². The number of hydrogen-bond donors (Lipinski definition) is 2. The Morgan fingerprint density at radius 1 is 1.38 bits per heavy atom. The quantitative estimate of drug-likeness (QED) is 0.655. The predicted molar refractivity (Wildman–Crippen MR) is 82.0 cm³/mol. The third kappa shape index (κ3) is 3.72. The smallest absolute Gasteiger partial charge is 0.338 e. The Labute approximate surface area is 123 Å². The van der Waals surface area contributed by atoms with Crippen molar-refractivity contribution in [2.75, 3.05) is 13.7 Å². The fourth-order valence-corrected chi connectivity index (χ4v) is 2.12. The molecule has 1 amide bonds. The van der Waals surface area contributed by atoms with Gasteiger partial charge in [-0.25, -0.2) is 4.79 Å². The predicted octanol–water partition coefficient (Wildman–Crippen LogP) is 2.49. The van der Waals surface area contributed by atoms with Crippen LogP contribution in [0.1, 0.15) is 29.3 Å². The molecular formula is C16H18N2O3. The molecule has 0 spiro atoms. The van der Waals surface area contributed by atoms with Crippen molar-refractivity contribution >= 4 is 28.9 Å². The monoisotopic (exact) mass is 286 g/mol. The molecule has 5 nitrogen and oxygen atoms in total. The summed E-state index contributed by atoms with van der Waals surface area (Å²) in [5.41, 5.74) is 2.34. The maximum absolute atomic E-state index is 11.8.